The Hall–Kier alpha value is -2.68. The Kier molecular flexibility index (Phi) is 4.65. The van der Waals surface area contributed by atoms with Crippen LogP contribution < -0.4 is 23.7 Å². The number of fused-ring (bicyclic) bond motifs is 3. The van der Waals surface area contributed by atoms with Crippen LogP contribution in [0.4, 0.5) is 0 Å². The van der Waals surface area contributed by atoms with Crippen LogP contribution in [0.25, 0.3) is 0 Å². The van der Waals surface area contributed by atoms with Crippen molar-refractivity contribution in [3.8, 4) is 28.7 Å². The predicted octanol–water partition coefficient (Wildman–Crippen LogP) is 2.73. The number of aliphatic hydroxyl groups excluding tert-OH is 1. The van der Waals surface area contributed by atoms with E-state index in [4.69, 9.17) is 28.4 Å². The first-order valence-corrected chi connectivity index (χ1v) is 9.86. The number of methoxy groups -OCH3 is 3. The van der Waals surface area contributed by atoms with Gasteiger partial charge < -0.3 is 33.5 Å². The summed E-state index contributed by atoms with van der Waals surface area (Å²) in [4.78, 5) is 2.22. The van der Waals surface area contributed by atoms with Gasteiger partial charge in [-0.15, -0.1) is 0 Å². The van der Waals surface area contributed by atoms with Crippen molar-refractivity contribution in [1.29, 1.82) is 0 Å². The first kappa shape index (κ1) is 19.3. The van der Waals surface area contributed by atoms with Crippen molar-refractivity contribution in [2.24, 2.45) is 0 Å². The Bertz CT molecular complexity index is 992. The first-order valence-electron chi connectivity index (χ1n) is 9.86. The fourth-order valence-electron chi connectivity index (χ4n) is 4.84. The number of benzene rings is 2. The SMILES string of the molecule is COc1ccc2c(c1OC)C(O)OC2[C@H]1c2c(cc3c(c2OC)OCO3)CCN1C. The number of hydrogen-bond acceptors (Lipinski definition) is 8. The zero-order chi connectivity index (χ0) is 21.0. The third kappa shape index (κ3) is 2.64. The maximum Gasteiger partial charge on any atom is 0.231 e. The lowest BCUT2D eigenvalue weighted by atomic mass is 9.85. The highest BCUT2D eigenvalue weighted by Gasteiger charge is 2.45. The van der Waals surface area contributed by atoms with Crippen molar-refractivity contribution in [3.63, 3.8) is 0 Å². The third-order valence-corrected chi connectivity index (χ3v) is 6.19. The first-order chi connectivity index (χ1) is 14.6. The Morgan fingerprint density at radius 1 is 1.03 bits per heavy atom. The lowest BCUT2D eigenvalue weighted by molar-refractivity contribution is -0.142. The molecule has 8 nitrogen and oxygen atoms in total. The van der Waals surface area contributed by atoms with Gasteiger partial charge in [-0.1, -0.05) is 6.07 Å². The van der Waals surface area contributed by atoms with Gasteiger partial charge in [-0.2, -0.15) is 0 Å². The summed E-state index contributed by atoms with van der Waals surface area (Å²) in [6, 6.07) is 5.61. The standard InChI is InChI=1S/C22H25NO7/c1-23-8-7-11-9-14-20(29-10-28-14)21(27-4)15(11)17(23)18-12-5-6-13(25-2)19(26-3)16(12)22(24)30-18/h5-6,9,17-18,22,24H,7-8,10H2,1-4H3/t17-,18?,22?/m1/s1. The molecule has 0 bridgehead atoms. The van der Waals surface area contributed by atoms with Crippen LogP contribution in [0.3, 0.4) is 0 Å². The number of hydrogen-bond donors (Lipinski definition) is 1. The number of likely N-dealkylation sites (N-methyl/N-ethyl adjacent to an activating group) is 1. The zero-order valence-corrected chi connectivity index (χ0v) is 17.4. The quantitative estimate of drug-likeness (QED) is 0.817. The maximum absolute atomic E-state index is 10.8. The van der Waals surface area contributed by atoms with Gasteiger partial charge >= 0.3 is 0 Å². The van der Waals surface area contributed by atoms with Crippen molar-refractivity contribution >= 4 is 0 Å². The number of ether oxygens (including phenoxy) is 6. The average molecular weight is 415 g/mol. The van der Waals surface area contributed by atoms with Crippen LogP contribution in [0.5, 0.6) is 28.7 Å². The molecule has 0 aliphatic carbocycles. The molecular formula is C22H25NO7. The van der Waals surface area contributed by atoms with E-state index < -0.39 is 12.4 Å². The molecule has 30 heavy (non-hydrogen) atoms. The van der Waals surface area contributed by atoms with Gasteiger partial charge in [-0.25, -0.2) is 0 Å². The summed E-state index contributed by atoms with van der Waals surface area (Å²) in [5.74, 6) is 3.01. The van der Waals surface area contributed by atoms with Crippen molar-refractivity contribution in [1.82, 2.24) is 4.90 Å². The number of aliphatic hydroxyl groups is 1. The minimum absolute atomic E-state index is 0.174. The van der Waals surface area contributed by atoms with Crippen molar-refractivity contribution in [2.45, 2.75) is 24.9 Å². The van der Waals surface area contributed by atoms with Crippen molar-refractivity contribution in [3.05, 3.63) is 40.5 Å². The lowest BCUT2D eigenvalue weighted by Crippen LogP contribution is -2.36. The van der Waals surface area contributed by atoms with Crippen molar-refractivity contribution in [2.75, 3.05) is 41.7 Å². The molecule has 8 heteroatoms. The number of rotatable bonds is 4. The smallest absolute Gasteiger partial charge is 0.231 e. The van der Waals surface area contributed by atoms with E-state index in [1.807, 2.05) is 25.2 Å². The molecule has 0 radical (unpaired) electrons. The highest BCUT2D eigenvalue weighted by molar-refractivity contribution is 5.63. The van der Waals surface area contributed by atoms with Crippen molar-refractivity contribution < 1.29 is 33.5 Å². The van der Waals surface area contributed by atoms with Crippen LogP contribution in [0.1, 0.15) is 40.7 Å². The van der Waals surface area contributed by atoms with Crippen LogP contribution in [0.15, 0.2) is 18.2 Å². The second-order valence-corrected chi connectivity index (χ2v) is 7.60. The summed E-state index contributed by atoms with van der Waals surface area (Å²) >= 11 is 0. The summed E-state index contributed by atoms with van der Waals surface area (Å²) in [6.45, 7) is 1.01. The molecule has 2 aromatic carbocycles. The Morgan fingerprint density at radius 2 is 1.83 bits per heavy atom. The van der Waals surface area contributed by atoms with Gasteiger partial charge in [-0.3, -0.25) is 4.90 Å². The molecule has 0 saturated carbocycles. The molecule has 160 valence electrons. The largest absolute Gasteiger partial charge is 0.493 e. The van der Waals surface area contributed by atoms with E-state index in [2.05, 4.69) is 4.90 Å². The molecule has 0 spiro atoms. The molecular weight excluding hydrogens is 390 g/mol. The fraction of sp³-hybridized carbons (Fsp3) is 0.455. The van der Waals surface area contributed by atoms with E-state index in [1.165, 1.54) is 0 Å². The summed E-state index contributed by atoms with van der Waals surface area (Å²) < 4.78 is 34.2. The summed E-state index contributed by atoms with van der Waals surface area (Å²) in [6.07, 6.45) is -0.689. The molecule has 5 rings (SSSR count). The fourth-order valence-corrected chi connectivity index (χ4v) is 4.84. The minimum Gasteiger partial charge on any atom is -0.493 e. The number of nitrogens with zero attached hydrogens (tertiary/aromatic N) is 1. The van der Waals surface area contributed by atoms with E-state index >= 15 is 0 Å². The van der Waals surface area contributed by atoms with E-state index in [0.29, 0.717) is 34.3 Å². The predicted molar refractivity (Wildman–Crippen MR) is 107 cm³/mol. The molecule has 3 heterocycles. The molecule has 3 aliphatic rings. The van der Waals surface area contributed by atoms with Gasteiger partial charge in [0.15, 0.2) is 29.3 Å². The lowest BCUT2D eigenvalue weighted by Gasteiger charge is -2.39. The molecule has 0 amide bonds. The van der Waals surface area contributed by atoms with E-state index in [0.717, 1.165) is 29.7 Å². The molecule has 0 aromatic heterocycles. The summed E-state index contributed by atoms with van der Waals surface area (Å²) in [5, 5.41) is 10.8. The molecule has 1 N–H and O–H groups in total. The van der Waals surface area contributed by atoms with Gasteiger partial charge in [0.1, 0.15) is 6.10 Å². The molecule has 3 atom stereocenters. The van der Waals surface area contributed by atoms with Crippen LogP contribution >= 0.6 is 0 Å². The average Bonchev–Trinajstić information content (AvgIpc) is 3.35. The second kappa shape index (κ2) is 7.23. The normalized spacial score (nSPS) is 24.4. The van der Waals surface area contributed by atoms with Crippen LogP contribution in [0.2, 0.25) is 0 Å². The van der Waals surface area contributed by atoms with Crippen LogP contribution in [-0.4, -0.2) is 51.7 Å². The summed E-state index contributed by atoms with van der Waals surface area (Å²) in [5.41, 5.74) is 3.59. The van der Waals surface area contributed by atoms with Crippen LogP contribution in [0, 0.1) is 0 Å². The summed E-state index contributed by atoms with van der Waals surface area (Å²) in [7, 11) is 6.81. The Balaban J connectivity index is 1.68. The molecule has 2 unspecified atom stereocenters. The molecule has 0 saturated heterocycles. The van der Waals surface area contributed by atoms with Crippen LogP contribution in [-0.2, 0) is 11.2 Å². The van der Waals surface area contributed by atoms with Gasteiger partial charge in [0.05, 0.1) is 32.9 Å². The van der Waals surface area contributed by atoms with E-state index in [9.17, 15) is 5.11 Å². The topological polar surface area (TPSA) is 78.9 Å². The van der Waals surface area contributed by atoms with Gasteiger partial charge in [-0.05, 0) is 36.7 Å². The highest BCUT2D eigenvalue weighted by atomic mass is 16.7. The van der Waals surface area contributed by atoms with E-state index in [1.54, 1.807) is 21.3 Å². The van der Waals surface area contributed by atoms with E-state index in [-0.39, 0.29) is 12.8 Å². The highest BCUT2D eigenvalue weighted by Crippen LogP contribution is 2.57. The molecule has 3 aliphatic heterocycles. The molecule has 0 fully saturated rings. The maximum atomic E-state index is 10.8. The minimum atomic E-state index is -1.12. The Morgan fingerprint density at radius 3 is 2.57 bits per heavy atom. The monoisotopic (exact) mass is 415 g/mol. The third-order valence-electron chi connectivity index (χ3n) is 6.19. The van der Waals surface area contributed by atoms with Gasteiger partial charge in [0, 0.05) is 12.1 Å². The Labute approximate surface area is 174 Å². The van der Waals surface area contributed by atoms with Gasteiger partial charge in [0.2, 0.25) is 12.5 Å². The molecule has 2 aromatic rings. The second-order valence-electron chi connectivity index (χ2n) is 7.60. The zero-order valence-electron chi connectivity index (χ0n) is 17.4. The van der Waals surface area contributed by atoms with Gasteiger partial charge in [0.25, 0.3) is 0 Å².